The highest BCUT2D eigenvalue weighted by atomic mass is 16.5. The number of esters is 1. The SMILES string of the molecule is C=C1CCC2C(C)(C)CCCC2(C)C1CCC(C)=CCOC(=O)CC(=O)O. The topological polar surface area (TPSA) is 63.6 Å². The van der Waals surface area contributed by atoms with E-state index in [0.29, 0.717) is 16.7 Å². The summed E-state index contributed by atoms with van der Waals surface area (Å²) in [6.07, 6.45) is 9.71. The summed E-state index contributed by atoms with van der Waals surface area (Å²) in [6, 6.07) is 0. The van der Waals surface area contributed by atoms with Gasteiger partial charge in [0.25, 0.3) is 0 Å². The molecule has 2 rings (SSSR count). The predicted molar refractivity (Wildman–Crippen MR) is 107 cm³/mol. The van der Waals surface area contributed by atoms with E-state index >= 15 is 0 Å². The van der Waals surface area contributed by atoms with Gasteiger partial charge in [0.1, 0.15) is 13.0 Å². The molecule has 2 aliphatic carbocycles. The molecule has 2 aliphatic rings. The van der Waals surface area contributed by atoms with E-state index in [9.17, 15) is 9.59 Å². The zero-order valence-corrected chi connectivity index (χ0v) is 17.5. The van der Waals surface area contributed by atoms with E-state index in [1.165, 1.54) is 36.8 Å². The molecule has 0 aliphatic heterocycles. The molecule has 3 atom stereocenters. The summed E-state index contributed by atoms with van der Waals surface area (Å²) in [5.74, 6) is -0.536. The summed E-state index contributed by atoms with van der Waals surface area (Å²) >= 11 is 0. The van der Waals surface area contributed by atoms with Crippen LogP contribution in [0.4, 0.5) is 0 Å². The average molecular weight is 377 g/mol. The molecule has 0 amide bonds. The van der Waals surface area contributed by atoms with Crippen LogP contribution in [-0.2, 0) is 14.3 Å². The van der Waals surface area contributed by atoms with Gasteiger partial charge in [0, 0.05) is 0 Å². The summed E-state index contributed by atoms with van der Waals surface area (Å²) in [7, 11) is 0. The van der Waals surface area contributed by atoms with Gasteiger partial charge >= 0.3 is 11.9 Å². The quantitative estimate of drug-likeness (QED) is 0.360. The van der Waals surface area contributed by atoms with E-state index in [2.05, 4.69) is 34.3 Å². The Balaban J connectivity index is 1.94. The molecule has 0 aromatic rings. The second-order valence-electron chi connectivity index (χ2n) is 9.49. The molecule has 0 aromatic heterocycles. The van der Waals surface area contributed by atoms with E-state index < -0.39 is 18.4 Å². The molecule has 4 heteroatoms. The number of carbonyl (C=O) groups is 2. The van der Waals surface area contributed by atoms with Crippen LogP contribution in [0.2, 0.25) is 0 Å². The van der Waals surface area contributed by atoms with Gasteiger partial charge in [-0.15, -0.1) is 0 Å². The average Bonchev–Trinajstić information content (AvgIpc) is 2.52. The minimum absolute atomic E-state index is 0.149. The lowest BCUT2D eigenvalue weighted by Gasteiger charge is -2.58. The van der Waals surface area contributed by atoms with Crippen LogP contribution in [0.25, 0.3) is 0 Å². The number of fused-ring (bicyclic) bond motifs is 1. The molecule has 27 heavy (non-hydrogen) atoms. The zero-order valence-electron chi connectivity index (χ0n) is 17.5. The first-order chi connectivity index (χ1) is 12.6. The highest BCUT2D eigenvalue weighted by Gasteiger charge is 2.52. The maximum absolute atomic E-state index is 11.3. The smallest absolute Gasteiger partial charge is 0.317 e. The van der Waals surface area contributed by atoms with Crippen molar-refractivity contribution in [1.82, 2.24) is 0 Å². The van der Waals surface area contributed by atoms with Crippen LogP contribution in [0.3, 0.4) is 0 Å². The first-order valence-electron chi connectivity index (χ1n) is 10.3. The number of hydrogen-bond donors (Lipinski definition) is 1. The van der Waals surface area contributed by atoms with E-state index in [1.807, 2.05) is 6.08 Å². The number of carbonyl (C=O) groups excluding carboxylic acids is 1. The molecule has 1 N–H and O–H groups in total. The number of ether oxygens (including phenoxy) is 1. The van der Waals surface area contributed by atoms with E-state index in [0.717, 1.165) is 25.2 Å². The Morgan fingerprint density at radius 3 is 2.67 bits per heavy atom. The molecule has 4 nitrogen and oxygen atoms in total. The summed E-state index contributed by atoms with van der Waals surface area (Å²) in [5, 5.41) is 8.58. The second-order valence-corrected chi connectivity index (χ2v) is 9.49. The molecule has 0 aromatic carbocycles. The number of hydrogen-bond acceptors (Lipinski definition) is 3. The lowest BCUT2D eigenvalue weighted by Crippen LogP contribution is -2.49. The summed E-state index contributed by atoms with van der Waals surface area (Å²) in [4.78, 5) is 21.8. The van der Waals surface area contributed by atoms with Crippen LogP contribution in [0.1, 0.15) is 79.1 Å². The van der Waals surface area contributed by atoms with Gasteiger partial charge in [-0.2, -0.15) is 0 Å². The molecule has 0 radical (unpaired) electrons. The van der Waals surface area contributed by atoms with Crippen LogP contribution < -0.4 is 0 Å². The largest absolute Gasteiger partial charge is 0.481 e. The molecule has 2 saturated carbocycles. The monoisotopic (exact) mass is 376 g/mol. The molecule has 152 valence electrons. The third-order valence-electron chi connectivity index (χ3n) is 7.12. The van der Waals surface area contributed by atoms with Crippen LogP contribution in [0.5, 0.6) is 0 Å². The number of carboxylic acids is 1. The van der Waals surface area contributed by atoms with Crippen LogP contribution in [-0.4, -0.2) is 23.7 Å². The fraction of sp³-hybridized carbons (Fsp3) is 0.739. The van der Waals surface area contributed by atoms with Gasteiger partial charge in [0.2, 0.25) is 0 Å². The van der Waals surface area contributed by atoms with Gasteiger partial charge in [-0.05, 0) is 74.2 Å². The number of allylic oxidation sites excluding steroid dienone is 2. The van der Waals surface area contributed by atoms with E-state index in [4.69, 9.17) is 9.84 Å². The standard InChI is InChI=1S/C23H36O4/c1-16(11-14-27-21(26)15-20(24)25)7-9-18-17(2)8-10-19-22(3,4)12-6-13-23(18,19)5/h11,18-19H,2,6-10,12-15H2,1,3-5H3,(H,24,25). The normalized spacial score (nSPS) is 30.5. The van der Waals surface area contributed by atoms with Gasteiger partial charge in [0.05, 0.1) is 0 Å². The number of carboxylic acid groups (broad SMARTS) is 1. The second kappa shape index (κ2) is 8.62. The maximum atomic E-state index is 11.3. The molecular formula is C23H36O4. The van der Waals surface area contributed by atoms with Crippen molar-refractivity contribution in [2.45, 2.75) is 79.1 Å². The first kappa shape index (κ1) is 21.7. The first-order valence-corrected chi connectivity index (χ1v) is 10.3. The van der Waals surface area contributed by atoms with Crippen LogP contribution in [0.15, 0.2) is 23.8 Å². The minimum atomic E-state index is -1.16. The predicted octanol–water partition coefficient (Wildman–Crippen LogP) is 5.53. The third kappa shape index (κ3) is 5.24. The molecule has 3 unspecified atom stereocenters. The summed E-state index contributed by atoms with van der Waals surface area (Å²) in [6.45, 7) is 14.0. The zero-order chi connectivity index (χ0) is 20.2. The Morgan fingerprint density at radius 1 is 1.30 bits per heavy atom. The fourth-order valence-corrected chi connectivity index (χ4v) is 5.73. The van der Waals surface area contributed by atoms with Gasteiger partial charge in [-0.3, -0.25) is 9.59 Å². The van der Waals surface area contributed by atoms with Crippen LogP contribution in [0, 0.1) is 22.7 Å². The van der Waals surface area contributed by atoms with Crippen molar-refractivity contribution < 1.29 is 19.4 Å². The lowest BCUT2D eigenvalue weighted by molar-refractivity contribution is -0.150. The third-order valence-corrected chi connectivity index (χ3v) is 7.12. The van der Waals surface area contributed by atoms with Crippen molar-refractivity contribution >= 4 is 11.9 Å². The molecule has 0 saturated heterocycles. The van der Waals surface area contributed by atoms with E-state index in [1.54, 1.807) is 0 Å². The summed E-state index contributed by atoms with van der Waals surface area (Å²) < 4.78 is 4.96. The van der Waals surface area contributed by atoms with Crippen molar-refractivity contribution in [3.05, 3.63) is 23.8 Å². The number of rotatable bonds is 7. The highest BCUT2D eigenvalue weighted by molar-refractivity contribution is 5.90. The highest BCUT2D eigenvalue weighted by Crippen LogP contribution is 2.61. The Labute approximate surface area is 164 Å². The molecule has 0 bridgehead atoms. The van der Waals surface area contributed by atoms with Gasteiger partial charge in [0.15, 0.2) is 0 Å². The lowest BCUT2D eigenvalue weighted by atomic mass is 9.47. The molecule has 0 spiro atoms. The van der Waals surface area contributed by atoms with Crippen molar-refractivity contribution in [3.63, 3.8) is 0 Å². The Kier molecular flexibility index (Phi) is 6.93. The Bertz CT molecular complexity index is 616. The van der Waals surface area contributed by atoms with Gasteiger partial charge < -0.3 is 9.84 Å². The maximum Gasteiger partial charge on any atom is 0.317 e. The van der Waals surface area contributed by atoms with Crippen molar-refractivity contribution in [1.29, 1.82) is 0 Å². The Hall–Kier alpha value is -1.58. The fourth-order valence-electron chi connectivity index (χ4n) is 5.73. The molecular weight excluding hydrogens is 340 g/mol. The van der Waals surface area contributed by atoms with Gasteiger partial charge in [-0.1, -0.05) is 44.9 Å². The number of aliphatic carboxylic acids is 1. The van der Waals surface area contributed by atoms with Crippen LogP contribution >= 0.6 is 0 Å². The molecule has 0 heterocycles. The van der Waals surface area contributed by atoms with Crippen molar-refractivity contribution in [3.8, 4) is 0 Å². The van der Waals surface area contributed by atoms with Crippen molar-refractivity contribution in [2.75, 3.05) is 6.61 Å². The molecule has 2 fully saturated rings. The van der Waals surface area contributed by atoms with Gasteiger partial charge in [-0.25, -0.2) is 0 Å². The van der Waals surface area contributed by atoms with E-state index in [-0.39, 0.29) is 6.61 Å². The van der Waals surface area contributed by atoms with Crippen molar-refractivity contribution in [2.24, 2.45) is 22.7 Å². The minimum Gasteiger partial charge on any atom is -0.481 e. The Morgan fingerprint density at radius 2 is 2.00 bits per heavy atom. The summed E-state index contributed by atoms with van der Waals surface area (Å²) in [5.41, 5.74) is 3.35.